The van der Waals surface area contributed by atoms with Gasteiger partial charge in [0.1, 0.15) is 0 Å². The van der Waals surface area contributed by atoms with Crippen molar-refractivity contribution in [3.05, 3.63) is 40.7 Å². The van der Waals surface area contributed by atoms with E-state index in [1.807, 2.05) is 26.1 Å². The number of hydrogen-bond donors (Lipinski definition) is 3. The Morgan fingerprint density at radius 1 is 1.43 bits per heavy atom. The van der Waals surface area contributed by atoms with E-state index in [2.05, 4.69) is 20.6 Å². The summed E-state index contributed by atoms with van der Waals surface area (Å²) >= 11 is 1.57. The molecule has 9 heteroatoms. The Morgan fingerprint density at radius 2 is 2.27 bits per heavy atom. The molecule has 2 atom stereocenters. The fourth-order valence-corrected chi connectivity index (χ4v) is 4.86. The van der Waals surface area contributed by atoms with Crippen LogP contribution in [0.5, 0.6) is 0 Å². The minimum Gasteiger partial charge on any atom is -0.375 e. The van der Waals surface area contributed by atoms with Gasteiger partial charge in [0.2, 0.25) is 5.91 Å². The second kappa shape index (κ2) is 10.5. The van der Waals surface area contributed by atoms with E-state index in [0.29, 0.717) is 30.7 Å². The Labute approximate surface area is 181 Å². The molecule has 30 heavy (non-hydrogen) atoms. The highest BCUT2D eigenvalue weighted by atomic mass is 32.1. The van der Waals surface area contributed by atoms with Crippen LogP contribution in [0.25, 0.3) is 0 Å². The Morgan fingerprint density at radius 3 is 2.97 bits per heavy atom. The fraction of sp³-hybridized carbons (Fsp3) is 0.524. The van der Waals surface area contributed by atoms with Gasteiger partial charge in [0, 0.05) is 36.9 Å². The van der Waals surface area contributed by atoms with E-state index in [-0.39, 0.29) is 17.9 Å². The Balaban J connectivity index is 1.61. The zero-order chi connectivity index (χ0) is 21.5. The van der Waals surface area contributed by atoms with E-state index in [1.54, 1.807) is 23.7 Å². The zero-order valence-electron chi connectivity index (χ0n) is 17.6. The summed E-state index contributed by atoms with van der Waals surface area (Å²) in [5, 5.41) is 6.56. The number of imide groups is 1. The third-order valence-corrected chi connectivity index (χ3v) is 6.45. The maximum Gasteiger partial charge on any atom is 0.324 e. The largest absolute Gasteiger partial charge is 0.375 e. The van der Waals surface area contributed by atoms with Crippen LogP contribution in [0, 0.1) is 11.8 Å². The molecule has 3 amide bonds. The summed E-state index contributed by atoms with van der Waals surface area (Å²) in [6.45, 7) is 3.02. The number of hydrogen-bond acceptors (Lipinski definition) is 7. The summed E-state index contributed by atoms with van der Waals surface area (Å²) in [6, 6.07) is 3.34. The molecule has 8 nitrogen and oxygen atoms in total. The van der Waals surface area contributed by atoms with Crippen LogP contribution < -0.4 is 16.4 Å². The van der Waals surface area contributed by atoms with Gasteiger partial charge >= 0.3 is 6.03 Å². The lowest BCUT2D eigenvalue weighted by molar-refractivity contribution is -0.132. The number of fused-ring (bicyclic) bond motifs is 1. The summed E-state index contributed by atoms with van der Waals surface area (Å²) in [7, 11) is 1.83. The SMILES string of the molecule is CCN(C(=O)NCc1cccnc1)C(=O)C(CNC)CC1CCc2sc(N)nc2C1. The van der Waals surface area contributed by atoms with Gasteiger partial charge in [-0.1, -0.05) is 6.07 Å². The number of aryl methyl sites for hydroxylation is 1. The average Bonchev–Trinajstić information content (AvgIpc) is 3.12. The highest BCUT2D eigenvalue weighted by molar-refractivity contribution is 7.15. The summed E-state index contributed by atoms with van der Waals surface area (Å²) in [4.78, 5) is 37.0. The molecular formula is C21H30N6O2S. The summed E-state index contributed by atoms with van der Waals surface area (Å²) in [6.07, 6.45) is 6.92. The smallest absolute Gasteiger partial charge is 0.324 e. The number of rotatable bonds is 8. The Bertz CT molecular complexity index is 856. The van der Waals surface area contributed by atoms with Crippen molar-refractivity contribution in [3.63, 3.8) is 0 Å². The predicted octanol–water partition coefficient (Wildman–Crippen LogP) is 2.21. The first kappa shape index (κ1) is 22.2. The van der Waals surface area contributed by atoms with E-state index in [4.69, 9.17) is 5.73 Å². The number of amides is 3. The normalized spacial score (nSPS) is 16.5. The van der Waals surface area contributed by atoms with Crippen LogP contribution in [0.2, 0.25) is 0 Å². The van der Waals surface area contributed by atoms with Crippen LogP contribution in [0.1, 0.15) is 35.9 Å². The number of thiazole rings is 1. The number of nitrogens with one attached hydrogen (secondary N) is 2. The first-order valence-electron chi connectivity index (χ1n) is 10.4. The lowest BCUT2D eigenvalue weighted by atomic mass is 9.83. The van der Waals surface area contributed by atoms with Crippen molar-refractivity contribution >= 4 is 28.4 Å². The quantitative estimate of drug-likeness (QED) is 0.592. The van der Waals surface area contributed by atoms with Crippen molar-refractivity contribution in [2.75, 3.05) is 25.9 Å². The van der Waals surface area contributed by atoms with Crippen LogP contribution in [-0.2, 0) is 24.2 Å². The van der Waals surface area contributed by atoms with Crippen molar-refractivity contribution < 1.29 is 9.59 Å². The molecule has 2 heterocycles. The predicted molar refractivity (Wildman–Crippen MR) is 118 cm³/mol. The first-order valence-corrected chi connectivity index (χ1v) is 11.2. The van der Waals surface area contributed by atoms with Gasteiger partial charge in [-0.05, 0) is 57.2 Å². The van der Waals surface area contributed by atoms with Gasteiger partial charge in [0.15, 0.2) is 5.13 Å². The van der Waals surface area contributed by atoms with Crippen molar-refractivity contribution in [3.8, 4) is 0 Å². The molecule has 2 aromatic heterocycles. The van der Waals surface area contributed by atoms with Crippen molar-refractivity contribution in [1.82, 2.24) is 25.5 Å². The molecule has 2 unspecified atom stereocenters. The number of nitrogens with zero attached hydrogens (tertiary/aromatic N) is 3. The van der Waals surface area contributed by atoms with Gasteiger partial charge < -0.3 is 16.4 Å². The molecule has 4 N–H and O–H groups in total. The Hall–Kier alpha value is -2.52. The van der Waals surface area contributed by atoms with Gasteiger partial charge in [-0.15, -0.1) is 11.3 Å². The summed E-state index contributed by atoms with van der Waals surface area (Å²) in [5.41, 5.74) is 7.82. The minimum atomic E-state index is -0.370. The van der Waals surface area contributed by atoms with Gasteiger partial charge in [-0.2, -0.15) is 0 Å². The number of nitrogens with two attached hydrogens (primary N) is 1. The van der Waals surface area contributed by atoms with E-state index in [0.717, 1.165) is 36.9 Å². The highest BCUT2D eigenvalue weighted by Gasteiger charge is 2.31. The first-order chi connectivity index (χ1) is 14.5. The number of nitrogen functional groups attached to an aromatic ring is 1. The van der Waals surface area contributed by atoms with Gasteiger partial charge in [-0.3, -0.25) is 14.7 Å². The molecular weight excluding hydrogens is 400 g/mol. The van der Waals surface area contributed by atoms with Crippen molar-refractivity contribution in [1.29, 1.82) is 0 Å². The third-order valence-electron chi connectivity index (χ3n) is 5.47. The molecule has 1 aliphatic carbocycles. The minimum absolute atomic E-state index is 0.140. The molecule has 1 aliphatic rings. The molecule has 0 aromatic carbocycles. The standard InChI is InChI=1S/C21H30N6O2S/c1-3-27(21(29)25-12-15-5-4-8-24-11-15)19(28)16(13-23-2)9-14-6-7-18-17(10-14)26-20(22)30-18/h4-5,8,11,14,16,23H,3,6-7,9-10,12-13H2,1-2H3,(H2,22,26)(H,25,29). The van der Waals surface area contributed by atoms with Crippen molar-refractivity contribution in [2.45, 2.75) is 39.2 Å². The average molecular weight is 431 g/mol. The van der Waals surface area contributed by atoms with Crippen LogP contribution in [0.4, 0.5) is 9.93 Å². The second-order valence-electron chi connectivity index (χ2n) is 7.62. The van der Waals surface area contributed by atoms with Gasteiger partial charge in [-0.25, -0.2) is 9.78 Å². The van der Waals surface area contributed by atoms with E-state index >= 15 is 0 Å². The number of aromatic nitrogens is 2. The summed E-state index contributed by atoms with van der Waals surface area (Å²) in [5.74, 6) is -0.0424. The molecule has 2 aromatic rings. The number of urea groups is 1. The molecule has 162 valence electrons. The van der Waals surface area contributed by atoms with E-state index in [9.17, 15) is 9.59 Å². The van der Waals surface area contributed by atoms with E-state index < -0.39 is 0 Å². The zero-order valence-corrected chi connectivity index (χ0v) is 18.4. The van der Waals surface area contributed by atoms with Crippen molar-refractivity contribution in [2.24, 2.45) is 11.8 Å². The third kappa shape index (κ3) is 5.54. The second-order valence-corrected chi connectivity index (χ2v) is 8.74. The summed E-state index contributed by atoms with van der Waals surface area (Å²) < 4.78 is 0. The lowest BCUT2D eigenvalue weighted by Crippen LogP contribution is -2.48. The Kier molecular flexibility index (Phi) is 7.75. The molecule has 0 saturated carbocycles. The molecule has 0 saturated heterocycles. The molecule has 0 aliphatic heterocycles. The highest BCUT2D eigenvalue weighted by Crippen LogP contribution is 2.33. The number of anilines is 1. The molecule has 0 spiro atoms. The van der Waals surface area contributed by atoms with Crippen LogP contribution in [0.3, 0.4) is 0 Å². The number of pyridine rings is 1. The van der Waals surface area contributed by atoms with E-state index in [1.165, 1.54) is 9.78 Å². The lowest BCUT2D eigenvalue weighted by Gasteiger charge is -2.29. The molecule has 3 rings (SSSR count). The molecule has 0 fully saturated rings. The fourth-order valence-electron chi connectivity index (χ4n) is 3.99. The molecule has 0 bridgehead atoms. The monoisotopic (exact) mass is 430 g/mol. The topological polar surface area (TPSA) is 113 Å². The number of carbonyl (C=O) groups is 2. The molecule has 0 radical (unpaired) electrons. The number of carbonyl (C=O) groups excluding carboxylic acids is 2. The maximum atomic E-state index is 13.2. The van der Waals surface area contributed by atoms with Gasteiger partial charge in [0.05, 0.1) is 11.6 Å². The van der Waals surface area contributed by atoms with Crippen LogP contribution in [0.15, 0.2) is 24.5 Å². The van der Waals surface area contributed by atoms with Crippen LogP contribution in [-0.4, -0.2) is 46.9 Å². The van der Waals surface area contributed by atoms with Gasteiger partial charge in [0.25, 0.3) is 0 Å². The maximum absolute atomic E-state index is 13.2. The van der Waals surface area contributed by atoms with Crippen LogP contribution >= 0.6 is 11.3 Å².